The number of carbonyl (C=O) groups excluding carboxylic acids is 2. The fraction of sp³-hybridized carbons (Fsp3) is 0.286. The van der Waals surface area contributed by atoms with Gasteiger partial charge in [0.25, 0.3) is 0 Å². The summed E-state index contributed by atoms with van der Waals surface area (Å²) in [4.78, 5) is 32.1. The number of rotatable bonds is 6. The molecule has 2 aliphatic rings. The highest BCUT2D eigenvalue weighted by molar-refractivity contribution is 5.95. The van der Waals surface area contributed by atoms with Crippen molar-refractivity contribution in [2.75, 3.05) is 32.7 Å². The summed E-state index contributed by atoms with van der Waals surface area (Å²) in [6.45, 7) is 3.42. The van der Waals surface area contributed by atoms with Crippen molar-refractivity contribution in [1.29, 1.82) is 0 Å². The van der Waals surface area contributed by atoms with E-state index in [1.807, 2.05) is 42.5 Å². The molecule has 0 saturated carbocycles. The Labute approximate surface area is 195 Å². The molecule has 2 fully saturated rings. The van der Waals surface area contributed by atoms with Gasteiger partial charge >= 0.3 is 0 Å². The second-order valence-corrected chi connectivity index (χ2v) is 8.92. The maximum atomic E-state index is 13.4. The van der Waals surface area contributed by atoms with Gasteiger partial charge in [0.15, 0.2) is 0 Å². The zero-order chi connectivity index (χ0) is 22.6. The predicted molar refractivity (Wildman–Crippen MR) is 129 cm³/mol. The van der Waals surface area contributed by atoms with E-state index in [1.54, 1.807) is 9.80 Å². The van der Waals surface area contributed by atoms with Gasteiger partial charge < -0.3 is 9.80 Å². The van der Waals surface area contributed by atoms with Crippen molar-refractivity contribution in [3.8, 4) is 0 Å². The van der Waals surface area contributed by atoms with E-state index in [0.29, 0.717) is 19.6 Å². The fourth-order valence-corrected chi connectivity index (χ4v) is 5.03. The van der Waals surface area contributed by atoms with E-state index in [2.05, 4.69) is 53.4 Å². The Kier molecular flexibility index (Phi) is 6.22. The number of carbonyl (C=O) groups is 2. The zero-order valence-electron chi connectivity index (χ0n) is 18.7. The van der Waals surface area contributed by atoms with Crippen LogP contribution >= 0.6 is 0 Å². The monoisotopic (exact) mass is 439 g/mol. The number of hydrogen-bond acceptors (Lipinski definition) is 3. The Bertz CT molecular complexity index is 1050. The van der Waals surface area contributed by atoms with E-state index in [0.717, 1.165) is 18.7 Å². The maximum absolute atomic E-state index is 13.4. The summed E-state index contributed by atoms with van der Waals surface area (Å²) in [5.41, 5.74) is 3.58. The van der Waals surface area contributed by atoms with Crippen LogP contribution in [0.1, 0.15) is 22.6 Å². The molecule has 1 atom stereocenters. The predicted octanol–water partition coefficient (Wildman–Crippen LogP) is 3.37. The van der Waals surface area contributed by atoms with E-state index in [1.165, 1.54) is 11.1 Å². The van der Waals surface area contributed by atoms with Crippen LogP contribution in [0.15, 0.2) is 91.0 Å². The second kappa shape index (κ2) is 9.59. The van der Waals surface area contributed by atoms with Crippen LogP contribution in [-0.2, 0) is 16.1 Å². The Morgan fingerprint density at radius 3 is 1.94 bits per heavy atom. The summed E-state index contributed by atoms with van der Waals surface area (Å²) in [5.74, 6) is 0.325. The number of hydrogen-bond donors (Lipinski definition) is 0. The third-order valence-corrected chi connectivity index (χ3v) is 6.77. The molecule has 5 nitrogen and oxygen atoms in total. The Morgan fingerprint density at radius 2 is 1.33 bits per heavy atom. The van der Waals surface area contributed by atoms with E-state index in [-0.39, 0.29) is 24.3 Å². The lowest BCUT2D eigenvalue weighted by molar-refractivity contribution is -0.160. The van der Waals surface area contributed by atoms with Crippen LogP contribution in [0, 0.1) is 0 Å². The van der Waals surface area contributed by atoms with Crippen molar-refractivity contribution in [2.24, 2.45) is 0 Å². The summed E-state index contributed by atoms with van der Waals surface area (Å²) in [6.07, 6.45) is 0. The molecule has 1 unspecified atom stereocenters. The molecule has 0 aromatic heterocycles. The van der Waals surface area contributed by atoms with Crippen LogP contribution in [0.2, 0.25) is 0 Å². The zero-order valence-corrected chi connectivity index (χ0v) is 18.7. The van der Waals surface area contributed by atoms with Crippen molar-refractivity contribution >= 4 is 11.8 Å². The Balaban J connectivity index is 1.34. The minimum atomic E-state index is -0.407. The van der Waals surface area contributed by atoms with Crippen molar-refractivity contribution < 1.29 is 9.59 Å². The molecule has 0 radical (unpaired) electrons. The molecule has 2 saturated heterocycles. The highest BCUT2D eigenvalue weighted by Crippen LogP contribution is 2.28. The van der Waals surface area contributed by atoms with Gasteiger partial charge in [-0.3, -0.25) is 14.5 Å². The van der Waals surface area contributed by atoms with Crippen LogP contribution in [0.25, 0.3) is 0 Å². The van der Waals surface area contributed by atoms with Gasteiger partial charge in [-0.05, 0) is 16.7 Å². The topological polar surface area (TPSA) is 43.9 Å². The normalized spacial score (nSPS) is 19.1. The molecular weight excluding hydrogens is 410 g/mol. The largest absolute Gasteiger partial charge is 0.327 e. The summed E-state index contributed by atoms with van der Waals surface area (Å²) < 4.78 is 0. The number of benzene rings is 3. The van der Waals surface area contributed by atoms with Gasteiger partial charge in [0, 0.05) is 38.6 Å². The average molecular weight is 440 g/mol. The minimum absolute atomic E-state index is 0.0536. The molecule has 0 aliphatic carbocycles. The van der Waals surface area contributed by atoms with Gasteiger partial charge in [0.1, 0.15) is 12.6 Å². The minimum Gasteiger partial charge on any atom is -0.327 e. The summed E-state index contributed by atoms with van der Waals surface area (Å²) >= 11 is 0. The lowest BCUT2D eigenvalue weighted by Gasteiger charge is -2.46. The lowest BCUT2D eigenvalue weighted by atomic mass is 9.90. The number of amides is 2. The molecule has 5 rings (SSSR count). The molecule has 5 heteroatoms. The molecule has 0 bridgehead atoms. The standard InChI is InChI=1S/C28H29N3O2/c32-27-21-30(18-22-10-4-1-5-11-22)28(33)26-20-29(16-17-31(26)27)19-25(23-12-6-2-7-13-23)24-14-8-3-9-15-24/h1-15,25-26H,16-21H2. The Morgan fingerprint density at radius 1 is 0.758 bits per heavy atom. The molecule has 3 aromatic carbocycles. The number of nitrogens with zero attached hydrogens (tertiary/aromatic N) is 3. The third-order valence-electron chi connectivity index (χ3n) is 6.77. The van der Waals surface area contributed by atoms with E-state index in [4.69, 9.17) is 0 Å². The van der Waals surface area contributed by atoms with E-state index in [9.17, 15) is 9.59 Å². The first-order valence-electron chi connectivity index (χ1n) is 11.6. The molecule has 2 amide bonds. The van der Waals surface area contributed by atoms with Crippen LogP contribution in [-0.4, -0.2) is 65.3 Å². The van der Waals surface area contributed by atoms with Crippen LogP contribution in [0.5, 0.6) is 0 Å². The summed E-state index contributed by atoms with van der Waals surface area (Å²) in [5, 5.41) is 0. The molecule has 2 heterocycles. The summed E-state index contributed by atoms with van der Waals surface area (Å²) in [7, 11) is 0. The first kappa shape index (κ1) is 21.4. The average Bonchev–Trinajstić information content (AvgIpc) is 2.87. The van der Waals surface area contributed by atoms with Gasteiger partial charge in [-0.15, -0.1) is 0 Å². The van der Waals surface area contributed by atoms with Gasteiger partial charge in [-0.2, -0.15) is 0 Å². The second-order valence-electron chi connectivity index (χ2n) is 8.92. The first-order valence-corrected chi connectivity index (χ1v) is 11.6. The number of piperazine rings is 2. The number of fused-ring (bicyclic) bond motifs is 1. The maximum Gasteiger partial charge on any atom is 0.247 e. The summed E-state index contributed by atoms with van der Waals surface area (Å²) in [6, 6.07) is 30.6. The highest BCUT2D eigenvalue weighted by atomic mass is 16.2. The molecule has 2 aliphatic heterocycles. The molecule has 0 N–H and O–H groups in total. The Hall–Kier alpha value is -3.44. The SMILES string of the molecule is O=C1C2CN(CC(c3ccccc3)c3ccccc3)CCN2C(=O)CN1Cc1ccccc1. The highest BCUT2D eigenvalue weighted by Gasteiger charge is 2.42. The molecule has 3 aromatic rings. The van der Waals surface area contributed by atoms with Crippen molar-refractivity contribution in [3.05, 3.63) is 108 Å². The van der Waals surface area contributed by atoms with Crippen LogP contribution in [0.3, 0.4) is 0 Å². The van der Waals surface area contributed by atoms with Crippen LogP contribution in [0.4, 0.5) is 0 Å². The van der Waals surface area contributed by atoms with Gasteiger partial charge in [-0.25, -0.2) is 0 Å². The molecule has 33 heavy (non-hydrogen) atoms. The van der Waals surface area contributed by atoms with Crippen LogP contribution < -0.4 is 0 Å². The van der Waals surface area contributed by atoms with Gasteiger partial charge in [0.2, 0.25) is 11.8 Å². The quantitative estimate of drug-likeness (QED) is 0.592. The van der Waals surface area contributed by atoms with Gasteiger partial charge in [0.05, 0.1) is 0 Å². The van der Waals surface area contributed by atoms with E-state index >= 15 is 0 Å². The van der Waals surface area contributed by atoms with E-state index < -0.39 is 6.04 Å². The van der Waals surface area contributed by atoms with Crippen molar-refractivity contribution in [1.82, 2.24) is 14.7 Å². The van der Waals surface area contributed by atoms with Crippen molar-refractivity contribution in [3.63, 3.8) is 0 Å². The molecular formula is C28H29N3O2. The smallest absolute Gasteiger partial charge is 0.247 e. The molecule has 168 valence electrons. The third kappa shape index (κ3) is 4.69. The first-order chi connectivity index (χ1) is 16.2. The molecule has 0 spiro atoms. The lowest BCUT2D eigenvalue weighted by Crippen LogP contribution is -2.66. The van der Waals surface area contributed by atoms with Gasteiger partial charge in [-0.1, -0.05) is 91.0 Å². The fourth-order valence-electron chi connectivity index (χ4n) is 5.03. The van der Waals surface area contributed by atoms with Crippen molar-refractivity contribution in [2.45, 2.75) is 18.5 Å².